The summed E-state index contributed by atoms with van der Waals surface area (Å²) in [5, 5.41) is 39.6. The second kappa shape index (κ2) is 5.89. The van der Waals surface area contributed by atoms with Crippen LogP contribution >= 0.6 is 0 Å². The third-order valence-electron chi connectivity index (χ3n) is 2.10. The minimum atomic E-state index is -1.46. The van der Waals surface area contributed by atoms with E-state index in [4.69, 9.17) is 15.3 Å². The van der Waals surface area contributed by atoms with E-state index in [9.17, 15) is 14.9 Å². The number of carbonyl (C=O) groups is 1. The molecular formula is C9H11N3O6. The van der Waals surface area contributed by atoms with Crippen LogP contribution in [-0.2, 0) is 0 Å². The van der Waals surface area contributed by atoms with E-state index in [2.05, 4.69) is 10.3 Å². The lowest BCUT2D eigenvalue weighted by Crippen LogP contribution is -2.28. The minimum absolute atomic E-state index is 0.0195. The number of anilines is 1. The monoisotopic (exact) mass is 257 g/mol. The Morgan fingerprint density at radius 2 is 2.11 bits per heavy atom. The summed E-state index contributed by atoms with van der Waals surface area (Å²) < 4.78 is 0. The molecule has 0 saturated heterocycles. The number of carboxylic acid groups (broad SMARTS) is 1. The van der Waals surface area contributed by atoms with E-state index < -0.39 is 41.4 Å². The molecule has 0 atom stereocenters. The number of hydrogen-bond acceptors (Lipinski definition) is 7. The minimum Gasteiger partial charge on any atom is -0.477 e. The molecule has 0 saturated carbocycles. The summed E-state index contributed by atoms with van der Waals surface area (Å²) in [4.78, 5) is 24.2. The van der Waals surface area contributed by atoms with E-state index in [0.717, 1.165) is 12.3 Å². The summed E-state index contributed by atoms with van der Waals surface area (Å²) in [5.74, 6) is -1.44. The molecule has 9 heteroatoms. The first-order valence-electron chi connectivity index (χ1n) is 4.85. The molecule has 0 aliphatic carbocycles. The molecule has 4 N–H and O–H groups in total. The summed E-state index contributed by atoms with van der Waals surface area (Å²) in [6.07, 6.45) is 0.803. The van der Waals surface area contributed by atoms with Crippen molar-refractivity contribution < 1.29 is 25.0 Å². The van der Waals surface area contributed by atoms with Crippen LogP contribution < -0.4 is 5.32 Å². The number of aromatic carboxylic acids is 1. The van der Waals surface area contributed by atoms with Gasteiger partial charge in [-0.3, -0.25) is 10.1 Å². The molecule has 1 aromatic heterocycles. The number of nitrogens with one attached hydrogen (secondary N) is 1. The van der Waals surface area contributed by atoms with Crippen LogP contribution in [0.25, 0.3) is 0 Å². The molecule has 0 fully saturated rings. The maximum absolute atomic E-state index is 10.8. The lowest BCUT2D eigenvalue weighted by atomic mass is 10.2. The van der Waals surface area contributed by atoms with Crippen LogP contribution in [0.2, 0.25) is 0 Å². The number of aromatic nitrogens is 1. The Labute approximate surface area is 101 Å². The van der Waals surface area contributed by atoms with Crippen LogP contribution in [0.15, 0.2) is 12.3 Å². The topological polar surface area (TPSA) is 146 Å². The van der Waals surface area contributed by atoms with Crippen LogP contribution in [0, 0.1) is 10.1 Å². The van der Waals surface area contributed by atoms with Crippen LogP contribution in [0.4, 0.5) is 11.5 Å². The van der Waals surface area contributed by atoms with Crippen molar-refractivity contribution in [1.82, 2.24) is 4.98 Å². The maximum atomic E-state index is 10.8. The predicted octanol–water partition coefficient (Wildman–Crippen LogP) is -0.547. The van der Waals surface area contributed by atoms with Gasteiger partial charge in [-0.15, -0.1) is 0 Å². The van der Waals surface area contributed by atoms with Gasteiger partial charge in [-0.25, -0.2) is 9.78 Å². The van der Waals surface area contributed by atoms with E-state index in [1.165, 1.54) is 0 Å². The van der Waals surface area contributed by atoms with Gasteiger partial charge in [0.2, 0.25) is 0 Å². The first kappa shape index (κ1) is 13.8. The molecule has 0 amide bonds. The first-order valence-corrected chi connectivity index (χ1v) is 4.85. The zero-order valence-electron chi connectivity index (χ0n) is 9.11. The number of hydrogen-bond donors (Lipinski definition) is 4. The van der Waals surface area contributed by atoms with Crippen molar-refractivity contribution in [1.29, 1.82) is 0 Å². The summed E-state index contributed by atoms with van der Waals surface area (Å²) in [6, 6.07) is 0.249. The molecule has 0 aliphatic rings. The van der Waals surface area contributed by atoms with E-state index in [0.29, 0.717) is 0 Å². The molecule has 0 spiro atoms. The molecule has 1 heterocycles. The number of aliphatic hydroxyl groups excluding tert-OH is 2. The molecule has 0 aliphatic heterocycles. The van der Waals surface area contributed by atoms with Crippen molar-refractivity contribution >= 4 is 17.5 Å². The van der Waals surface area contributed by atoms with Gasteiger partial charge in [0.25, 0.3) is 0 Å². The second-order valence-corrected chi connectivity index (χ2v) is 3.36. The van der Waals surface area contributed by atoms with E-state index in [1.54, 1.807) is 0 Å². The summed E-state index contributed by atoms with van der Waals surface area (Å²) in [7, 11) is 0. The molecule has 0 bridgehead atoms. The number of pyridine rings is 1. The Kier molecular flexibility index (Phi) is 4.52. The fourth-order valence-corrected chi connectivity index (χ4v) is 1.20. The van der Waals surface area contributed by atoms with Gasteiger partial charge in [0.1, 0.15) is 17.6 Å². The van der Waals surface area contributed by atoms with Crippen molar-refractivity contribution in [2.45, 2.75) is 6.04 Å². The number of rotatable bonds is 6. The quantitative estimate of drug-likeness (QED) is 0.392. The van der Waals surface area contributed by atoms with Crippen LogP contribution in [-0.4, -0.2) is 50.5 Å². The summed E-state index contributed by atoms with van der Waals surface area (Å²) in [6.45, 7) is -0.783. The largest absolute Gasteiger partial charge is 0.477 e. The van der Waals surface area contributed by atoms with E-state index in [-0.39, 0.29) is 5.82 Å². The Hall–Kier alpha value is -2.26. The highest BCUT2D eigenvalue weighted by molar-refractivity contribution is 5.93. The SMILES string of the molecule is O=C(O)c1cc(NC(CO)CO)ncc1[N+](=O)[O-]. The highest BCUT2D eigenvalue weighted by Gasteiger charge is 2.21. The average Bonchev–Trinajstić information content (AvgIpc) is 2.35. The zero-order valence-corrected chi connectivity index (χ0v) is 9.11. The number of nitro groups is 1. The average molecular weight is 257 g/mol. The van der Waals surface area contributed by atoms with Gasteiger partial charge < -0.3 is 20.6 Å². The first-order chi connectivity index (χ1) is 8.49. The van der Waals surface area contributed by atoms with Gasteiger partial charge in [0.15, 0.2) is 0 Å². The smallest absolute Gasteiger partial charge is 0.342 e. The maximum Gasteiger partial charge on any atom is 0.342 e. The predicted molar refractivity (Wildman–Crippen MR) is 59.4 cm³/mol. The third kappa shape index (κ3) is 3.12. The van der Waals surface area contributed by atoms with Gasteiger partial charge in [0, 0.05) is 6.07 Å². The third-order valence-corrected chi connectivity index (χ3v) is 2.10. The molecule has 18 heavy (non-hydrogen) atoms. The van der Waals surface area contributed by atoms with Gasteiger partial charge in [0.05, 0.1) is 24.2 Å². The van der Waals surface area contributed by atoms with Crippen LogP contribution in [0.3, 0.4) is 0 Å². The van der Waals surface area contributed by atoms with Crippen LogP contribution in [0.1, 0.15) is 10.4 Å². The van der Waals surface area contributed by atoms with Crippen molar-refractivity contribution in [3.63, 3.8) is 0 Å². The second-order valence-electron chi connectivity index (χ2n) is 3.36. The molecule has 0 aromatic carbocycles. The summed E-state index contributed by atoms with van der Waals surface area (Å²) >= 11 is 0. The summed E-state index contributed by atoms with van der Waals surface area (Å²) in [5.41, 5.74) is -1.15. The molecule has 9 nitrogen and oxygen atoms in total. The van der Waals surface area contributed by atoms with E-state index in [1.807, 2.05) is 0 Å². The van der Waals surface area contributed by atoms with Gasteiger partial charge in [-0.2, -0.15) is 0 Å². The number of nitrogens with zero attached hydrogens (tertiary/aromatic N) is 2. The fourth-order valence-electron chi connectivity index (χ4n) is 1.20. The van der Waals surface area contributed by atoms with Crippen molar-refractivity contribution in [2.24, 2.45) is 0 Å². The fraction of sp³-hybridized carbons (Fsp3) is 0.333. The number of aliphatic hydroxyl groups is 2. The van der Waals surface area contributed by atoms with E-state index >= 15 is 0 Å². The standard InChI is InChI=1S/C9H11N3O6/c13-3-5(4-14)11-8-1-6(9(15)16)7(2-10-8)12(17)18/h1-2,5,13-14H,3-4H2,(H,10,11)(H,15,16). The highest BCUT2D eigenvalue weighted by atomic mass is 16.6. The molecule has 0 radical (unpaired) electrons. The zero-order chi connectivity index (χ0) is 13.7. The van der Waals surface area contributed by atoms with Crippen molar-refractivity contribution in [2.75, 3.05) is 18.5 Å². The molecule has 98 valence electrons. The van der Waals surface area contributed by atoms with Gasteiger partial charge in [-0.05, 0) is 0 Å². The molecule has 1 aromatic rings. The van der Waals surface area contributed by atoms with Crippen LogP contribution in [0.5, 0.6) is 0 Å². The van der Waals surface area contributed by atoms with Gasteiger partial charge in [-0.1, -0.05) is 0 Å². The van der Waals surface area contributed by atoms with Crippen molar-refractivity contribution in [3.05, 3.63) is 27.9 Å². The number of carboxylic acids is 1. The molecular weight excluding hydrogens is 246 g/mol. The Bertz CT molecular complexity index is 460. The lowest BCUT2D eigenvalue weighted by molar-refractivity contribution is -0.385. The Morgan fingerprint density at radius 3 is 2.56 bits per heavy atom. The van der Waals surface area contributed by atoms with Crippen molar-refractivity contribution in [3.8, 4) is 0 Å². The van der Waals surface area contributed by atoms with Gasteiger partial charge >= 0.3 is 11.7 Å². The highest BCUT2D eigenvalue weighted by Crippen LogP contribution is 2.20. The normalized spacial score (nSPS) is 10.4. The molecule has 1 rings (SSSR count). The Morgan fingerprint density at radius 1 is 1.50 bits per heavy atom. The molecule has 0 unspecified atom stereocenters. The lowest BCUT2D eigenvalue weighted by Gasteiger charge is -2.13. The Balaban J connectivity index is 3.07.